The summed E-state index contributed by atoms with van der Waals surface area (Å²) in [6, 6.07) is 6.62. The minimum atomic E-state index is -7.00. The number of halogens is 9. The Hall–Kier alpha value is -2.73. The summed E-state index contributed by atoms with van der Waals surface area (Å²) < 4.78 is 120. The summed E-state index contributed by atoms with van der Waals surface area (Å²) in [7, 11) is 1.40. The number of unbranched alkanes of at least 4 members (excludes halogenated alkanes) is 4. The van der Waals surface area contributed by atoms with Crippen LogP contribution in [0.5, 0.6) is 0 Å². The van der Waals surface area contributed by atoms with E-state index in [1.54, 1.807) is 36.4 Å². The number of nitrogens with zero attached hydrogens (tertiary/aromatic N) is 2. The molecule has 4 nitrogen and oxygen atoms in total. The Balaban J connectivity index is 2.30. The number of hydrogen-bond acceptors (Lipinski definition) is 2. The number of imide groups is 1. The minimum Gasteiger partial charge on any atom is -0.325 e. The standard InChI is InChI=1S/C26H31F9N2O2/c1-3-4-5-6-7-9-14-19(15-16-23(27,28)24(29,30)25(31,32)26(33,34)35)21(38)37-20(17-36(2)22(37)39)18-12-10-8-11-13-18/h3,8,10-13,19-20H,1,4-7,9,14-17H2,2H3/t19-,20?/m1/s1. The van der Waals surface area contributed by atoms with Gasteiger partial charge in [0.15, 0.2) is 0 Å². The summed E-state index contributed by atoms with van der Waals surface area (Å²) in [5.41, 5.74) is 0.536. The van der Waals surface area contributed by atoms with E-state index < -0.39 is 60.7 Å². The number of alkyl halides is 9. The van der Waals surface area contributed by atoms with E-state index >= 15 is 0 Å². The van der Waals surface area contributed by atoms with Crippen LogP contribution in [0, 0.1) is 5.92 Å². The number of carbonyl (C=O) groups is 2. The number of likely N-dealkylation sites (N-methyl/N-ethyl adjacent to an activating group) is 1. The third-order valence-electron chi connectivity index (χ3n) is 6.79. The molecule has 3 amide bonds. The second kappa shape index (κ2) is 12.6. The number of allylic oxidation sites excluding steroid dienone is 1. The second-order valence-electron chi connectivity index (χ2n) is 9.66. The lowest BCUT2D eigenvalue weighted by Gasteiger charge is -2.34. The zero-order valence-electron chi connectivity index (χ0n) is 21.3. The topological polar surface area (TPSA) is 40.6 Å². The Morgan fingerprint density at radius 2 is 1.54 bits per heavy atom. The van der Waals surface area contributed by atoms with Crippen LogP contribution in [0.15, 0.2) is 43.0 Å². The molecule has 0 bridgehead atoms. The number of amides is 3. The molecular formula is C26H31F9N2O2. The molecule has 1 fully saturated rings. The van der Waals surface area contributed by atoms with E-state index in [1.165, 1.54) is 11.9 Å². The predicted molar refractivity (Wildman–Crippen MR) is 126 cm³/mol. The molecule has 13 heteroatoms. The highest BCUT2D eigenvalue weighted by Gasteiger charge is 2.81. The lowest BCUT2D eigenvalue weighted by molar-refractivity contribution is -0.396. The number of benzene rings is 1. The maximum Gasteiger partial charge on any atom is 0.460 e. The van der Waals surface area contributed by atoms with Gasteiger partial charge in [0.25, 0.3) is 0 Å². The average molecular weight is 575 g/mol. The number of hydrogen-bond donors (Lipinski definition) is 0. The van der Waals surface area contributed by atoms with Crippen molar-refractivity contribution in [2.45, 2.75) is 81.4 Å². The first-order chi connectivity index (χ1) is 18.0. The van der Waals surface area contributed by atoms with Crippen LogP contribution < -0.4 is 0 Å². The van der Waals surface area contributed by atoms with Crippen molar-refractivity contribution in [3.05, 3.63) is 48.6 Å². The number of carbonyl (C=O) groups excluding carboxylic acids is 2. The van der Waals surface area contributed by atoms with E-state index in [0.717, 1.165) is 11.3 Å². The van der Waals surface area contributed by atoms with Gasteiger partial charge in [0.2, 0.25) is 5.91 Å². The van der Waals surface area contributed by atoms with Gasteiger partial charge in [0.05, 0.1) is 6.04 Å². The van der Waals surface area contributed by atoms with Gasteiger partial charge in [-0.25, -0.2) is 4.79 Å². The highest BCUT2D eigenvalue weighted by molar-refractivity contribution is 5.97. The zero-order chi connectivity index (χ0) is 29.6. The van der Waals surface area contributed by atoms with Crippen LogP contribution in [0.2, 0.25) is 0 Å². The third-order valence-corrected chi connectivity index (χ3v) is 6.79. The zero-order valence-corrected chi connectivity index (χ0v) is 21.3. The van der Waals surface area contributed by atoms with Gasteiger partial charge in [-0.15, -0.1) is 6.58 Å². The summed E-state index contributed by atoms with van der Waals surface area (Å²) in [5.74, 6) is -22.0. The van der Waals surface area contributed by atoms with Crippen molar-refractivity contribution in [1.82, 2.24) is 9.80 Å². The third kappa shape index (κ3) is 7.08. The molecule has 1 aliphatic rings. The van der Waals surface area contributed by atoms with Crippen LogP contribution in [0.1, 0.15) is 63.0 Å². The minimum absolute atomic E-state index is 0.0505. The highest BCUT2D eigenvalue weighted by atomic mass is 19.4. The summed E-state index contributed by atoms with van der Waals surface area (Å²) >= 11 is 0. The Morgan fingerprint density at radius 3 is 2.10 bits per heavy atom. The molecule has 0 N–H and O–H groups in total. The van der Waals surface area contributed by atoms with Crippen molar-refractivity contribution in [1.29, 1.82) is 0 Å². The Bertz CT molecular complexity index is 983. The summed E-state index contributed by atoms with van der Waals surface area (Å²) in [6.45, 7) is 3.63. The maximum atomic E-state index is 14.3. The fraction of sp³-hybridized carbons (Fsp3) is 0.615. The molecule has 1 aliphatic heterocycles. The molecule has 0 radical (unpaired) electrons. The largest absolute Gasteiger partial charge is 0.460 e. The van der Waals surface area contributed by atoms with Crippen LogP contribution in [0.25, 0.3) is 0 Å². The van der Waals surface area contributed by atoms with Crippen LogP contribution >= 0.6 is 0 Å². The lowest BCUT2D eigenvalue weighted by Crippen LogP contribution is -2.60. The van der Waals surface area contributed by atoms with Gasteiger partial charge in [0.1, 0.15) is 0 Å². The molecular weight excluding hydrogens is 543 g/mol. The van der Waals surface area contributed by atoms with Crippen molar-refractivity contribution in [3.63, 3.8) is 0 Å². The first-order valence-corrected chi connectivity index (χ1v) is 12.4. The quantitative estimate of drug-likeness (QED) is 0.128. The molecule has 1 unspecified atom stereocenters. The molecule has 0 aromatic heterocycles. The molecule has 0 spiro atoms. The smallest absolute Gasteiger partial charge is 0.325 e. The van der Waals surface area contributed by atoms with Gasteiger partial charge in [-0.05, 0) is 31.2 Å². The Morgan fingerprint density at radius 1 is 0.949 bits per heavy atom. The van der Waals surface area contributed by atoms with Crippen molar-refractivity contribution < 1.29 is 49.1 Å². The van der Waals surface area contributed by atoms with E-state index in [9.17, 15) is 49.1 Å². The monoisotopic (exact) mass is 574 g/mol. The molecule has 0 aliphatic carbocycles. The first kappa shape index (κ1) is 32.5. The normalized spacial score (nSPS) is 18.0. The maximum absolute atomic E-state index is 14.3. The van der Waals surface area contributed by atoms with Gasteiger partial charge >= 0.3 is 30.0 Å². The van der Waals surface area contributed by atoms with E-state index in [-0.39, 0.29) is 19.4 Å². The van der Waals surface area contributed by atoms with Gasteiger partial charge < -0.3 is 4.90 Å². The first-order valence-electron chi connectivity index (χ1n) is 12.4. The van der Waals surface area contributed by atoms with E-state index in [4.69, 9.17) is 0 Å². The number of rotatable bonds is 14. The molecule has 39 heavy (non-hydrogen) atoms. The predicted octanol–water partition coefficient (Wildman–Crippen LogP) is 8.01. The average Bonchev–Trinajstić information content (AvgIpc) is 3.16. The number of urea groups is 1. The van der Waals surface area contributed by atoms with Crippen molar-refractivity contribution in [2.24, 2.45) is 5.92 Å². The van der Waals surface area contributed by atoms with Gasteiger partial charge in [-0.2, -0.15) is 39.5 Å². The second-order valence-corrected chi connectivity index (χ2v) is 9.66. The Labute approximate surface area is 220 Å². The molecule has 2 rings (SSSR count). The molecule has 1 aromatic rings. The molecule has 1 heterocycles. The van der Waals surface area contributed by atoms with E-state index in [2.05, 4.69) is 6.58 Å². The van der Waals surface area contributed by atoms with Crippen LogP contribution in [-0.4, -0.2) is 59.3 Å². The van der Waals surface area contributed by atoms with Crippen molar-refractivity contribution >= 4 is 11.9 Å². The van der Waals surface area contributed by atoms with E-state index in [0.29, 0.717) is 24.8 Å². The summed E-state index contributed by atoms with van der Waals surface area (Å²) in [4.78, 5) is 28.3. The summed E-state index contributed by atoms with van der Waals surface area (Å²) in [5, 5.41) is 0. The molecule has 220 valence electrons. The van der Waals surface area contributed by atoms with Crippen molar-refractivity contribution in [2.75, 3.05) is 13.6 Å². The van der Waals surface area contributed by atoms with Crippen LogP contribution in [-0.2, 0) is 4.79 Å². The molecule has 0 saturated carbocycles. The fourth-order valence-electron chi connectivity index (χ4n) is 4.46. The van der Waals surface area contributed by atoms with Gasteiger partial charge in [0, 0.05) is 25.9 Å². The van der Waals surface area contributed by atoms with E-state index in [1.807, 2.05) is 0 Å². The molecule has 2 atom stereocenters. The Kier molecular flexibility index (Phi) is 10.5. The van der Waals surface area contributed by atoms with Gasteiger partial charge in [-0.3, -0.25) is 9.69 Å². The van der Waals surface area contributed by atoms with Gasteiger partial charge in [-0.1, -0.05) is 55.7 Å². The van der Waals surface area contributed by atoms with Crippen LogP contribution in [0.4, 0.5) is 44.3 Å². The highest BCUT2D eigenvalue weighted by Crippen LogP contribution is 2.54. The lowest BCUT2D eigenvalue weighted by atomic mass is 9.89. The van der Waals surface area contributed by atoms with Crippen molar-refractivity contribution in [3.8, 4) is 0 Å². The fourth-order valence-corrected chi connectivity index (χ4v) is 4.46. The SMILES string of the molecule is C=CCCCCCC[C@H](CCC(F)(F)C(F)(F)C(F)(F)C(F)(F)F)C(=O)N1C(=O)N(C)CC1c1ccccc1. The van der Waals surface area contributed by atoms with Crippen LogP contribution in [0.3, 0.4) is 0 Å². The molecule has 1 saturated heterocycles. The molecule has 1 aromatic carbocycles. The summed E-state index contributed by atoms with van der Waals surface area (Å²) in [6.07, 6.45) is -5.77.